The third kappa shape index (κ3) is 3.38. The molecule has 0 aromatic heterocycles. The Bertz CT molecular complexity index is 330. The van der Waals surface area contributed by atoms with Crippen molar-refractivity contribution in [1.29, 1.82) is 0 Å². The molecule has 88 valence electrons. The van der Waals surface area contributed by atoms with Gasteiger partial charge in [-0.3, -0.25) is 0 Å². The van der Waals surface area contributed by atoms with E-state index in [1.807, 2.05) is 12.1 Å². The molecule has 1 fully saturated rings. The van der Waals surface area contributed by atoms with Crippen molar-refractivity contribution in [3.63, 3.8) is 0 Å². The molecule has 0 heterocycles. The molecule has 3 heteroatoms. The first-order chi connectivity index (χ1) is 7.74. The third-order valence-electron chi connectivity index (χ3n) is 3.32. The highest BCUT2D eigenvalue weighted by Gasteiger charge is 2.40. The first-order valence-corrected chi connectivity index (χ1v) is 6.66. The van der Waals surface area contributed by atoms with E-state index in [0.29, 0.717) is 5.41 Å². The molecule has 0 unspecified atom stereocenters. The molecular weight excluding hydrogens is 241 g/mol. The zero-order valence-corrected chi connectivity index (χ0v) is 10.8. The molecule has 1 nitrogen and oxygen atoms in total. The van der Waals surface area contributed by atoms with Crippen LogP contribution in [0.3, 0.4) is 0 Å². The van der Waals surface area contributed by atoms with Gasteiger partial charge >= 0.3 is 0 Å². The van der Waals surface area contributed by atoms with Crippen LogP contribution in [0.1, 0.15) is 24.8 Å². The van der Waals surface area contributed by atoms with Crippen LogP contribution in [0.25, 0.3) is 0 Å². The molecule has 1 saturated carbocycles. The van der Waals surface area contributed by atoms with Gasteiger partial charge in [0.1, 0.15) is 0 Å². The molecule has 2 rings (SSSR count). The lowest BCUT2D eigenvalue weighted by Gasteiger charge is -2.14. The normalized spacial score (nSPS) is 17.4. The highest BCUT2D eigenvalue weighted by Crippen LogP contribution is 2.48. The maximum absolute atomic E-state index is 5.83. The number of alkyl halides is 1. The van der Waals surface area contributed by atoms with E-state index in [1.165, 1.54) is 18.4 Å². The number of benzene rings is 1. The van der Waals surface area contributed by atoms with Gasteiger partial charge in [0.05, 0.1) is 0 Å². The fourth-order valence-corrected chi connectivity index (χ4v) is 2.49. The third-order valence-corrected chi connectivity index (χ3v) is 3.77. The van der Waals surface area contributed by atoms with Gasteiger partial charge in [-0.2, -0.15) is 0 Å². The van der Waals surface area contributed by atoms with E-state index >= 15 is 0 Å². The number of hydrogen-bond donors (Lipinski definition) is 1. The van der Waals surface area contributed by atoms with E-state index in [9.17, 15) is 0 Å². The Morgan fingerprint density at radius 3 is 2.44 bits per heavy atom. The van der Waals surface area contributed by atoms with Gasteiger partial charge in [-0.1, -0.05) is 23.7 Å². The maximum Gasteiger partial charge on any atom is 0.0406 e. The summed E-state index contributed by atoms with van der Waals surface area (Å²) in [6, 6.07) is 8.00. The zero-order chi connectivity index (χ0) is 11.4. The van der Waals surface area contributed by atoms with E-state index < -0.39 is 0 Å². The van der Waals surface area contributed by atoms with Crippen molar-refractivity contribution in [2.75, 3.05) is 12.4 Å². The van der Waals surface area contributed by atoms with Gasteiger partial charge in [0.25, 0.3) is 0 Å². The molecule has 0 spiro atoms. The monoisotopic (exact) mass is 257 g/mol. The van der Waals surface area contributed by atoms with Crippen molar-refractivity contribution < 1.29 is 0 Å². The lowest BCUT2D eigenvalue weighted by molar-refractivity contribution is 0.445. The minimum Gasteiger partial charge on any atom is -0.312 e. The largest absolute Gasteiger partial charge is 0.312 e. The molecular formula is C13H17Cl2N. The summed E-state index contributed by atoms with van der Waals surface area (Å²) in [5.41, 5.74) is 1.79. The van der Waals surface area contributed by atoms with Gasteiger partial charge in [-0.05, 0) is 42.4 Å². The molecule has 16 heavy (non-hydrogen) atoms. The average Bonchev–Trinajstić information content (AvgIpc) is 3.02. The smallest absolute Gasteiger partial charge is 0.0406 e. The molecule has 0 radical (unpaired) electrons. The van der Waals surface area contributed by atoms with E-state index in [1.54, 1.807) is 0 Å². The molecule has 1 aliphatic rings. The van der Waals surface area contributed by atoms with Gasteiger partial charge in [0, 0.05) is 24.0 Å². The molecule has 0 aliphatic heterocycles. The van der Waals surface area contributed by atoms with Crippen LogP contribution in [-0.2, 0) is 6.54 Å². The second kappa shape index (κ2) is 5.39. The topological polar surface area (TPSA) is 12.0 Å². The maximum atomic E-state index is 5.83. The minimum absolute atomic E-state index is 0.508. The van der Waals surface area contributed by atoms with Crippen LogP contribution in [0.4, 0.5) is 0 Å². The van der Waals surface area contributed by atoms with Gasteiger partial charge < -0.3 is 5.32 Å². The zero-order valence-electron chi connectivity index (χ0n) is 9.31. The van der Waals surface area contributed by atoms with E-state index in [0.717, 1.165) is 30.4 Å². The highest BCUT2D eigenvalue weighted by atomic mass is 35.5. The second-order valence-corrected chi connectivity index (χ2v) is 5.48. The van der Waals surface area contributed by atoms with Crippen molar-refractivity contribution in [3.8, 4) is 0 Å². The summed E-state index contributed by atoms with van der Waals surface area (Å²) in [6.45, 7) is 2.00. The summed E-state index contributed by atoms with van der Waals surface area (Å²) < 4.78 is 0. The van der Waals surface area contributed by atoms with Crippen LogP contribution in [0, 0.1) is 5.41 Å². The van der Waals surface area contributed by atoms with Gasteiger partial charge in [0.15, 0.2) is 0 Å². The summed E-state index contributed by atoms with van der Waals surface area (Å²) in [4.78, 5) is 0. The van der Waals surface area contributed by atoms with Gasteiger partial charge in [-0.25, -0.2) is 0 Å². The van der Waals surface area contributed by atoms with Crippen LogP contribution in [0.5, 0.6) is 0 Å². The molecule has 0 bridgehead atoms. The van der Waals surface area contributed by atoms with Crippen LogP contribution in [0.2, 0.25) is 5.02 Å². The Morgan fingerprint density at radius 2 is 1.88 bits per heavy atom. The SMILES string of the molecule is ClCCC1(CNCc2ccc(Cl)cc2)CC1. The molecule has 0 atom stereocenters. The molecule has 0 amide bonds. The highest BCUT2D eigenvalue weighted by molar-refractivity contribution is 6.30. The Hall–Kier alpha value is -0.240. The summed E-state index contributed by atoms with van der Waals surface area (Å²) in [5, 5.41) is 4.30. The first-order valence-electron chi connectivity index (χ1n) is 5.75. The summed E-state index contributed by atoms with van der Waals surface area (Å²) in [7, 11) is 0. The summed E-state index contributed by atoms with van der Waals surface area (Å²) in [6.07, 6.45) is 3.79. The second-order valence-electron chi connectivity index (χ2n) is 4.67. The first kappa shape index (κ1) is 12.2. The Kier molecular flexibility index (Phi) is 4.12. The van der Waals surface area contributed by atoms with Crippen molar-refractivity contribution in [1.82, 2.24) is 5.32 Å². The lowest BCUT2D eigenvalue weighted by atomic mass is 10.0. The molecule has 1 aromatic carbocycles. The fraction of sp³-hybridized carbons (Fsp3) is 0.538. The fourth-order valence-electron chi connectivity index (χ4n) is 1.97. The van der Waals surface area contributed by atoms with Crippen molar-refractivity contribution in [3.05, 3.63) is 34.9 Å². The quantitative estimate of drug-likeness (QED) is 0.764. The number of halogens is 2. The number of hydrogen-bond acceptors (Lipinski definition) is 1. The average molecular weight is 258 g/mol. The minimum atomic E-state index is 0.508. The molecule has 1 aliphatic carbocycles. The van der Waals surface area contributed by atoms with E-state index in [2.05, 4.69) is 17.4 Å². The van der Waals surface area contributed by atoms with Crippen molar-refractivity contribution in [2.24, 2.45) is 5.41 Å². The Morgan fingerprint density at radius 1 is 1.19 bits per heavy atom. The van der Waals surface area contributed by atoms with Gasteiger partial charge in [0.2, 0.25) is 0 Å². The summed E-state index contributed by atoms with van der Waals surface area (Å²) >= 11 is 11.6. The van der Waals surface area contributed by atoms with Crippen molar-refractivity contribution in [2.45, 2.75) is 25.8 Å². The predicted octanol–water partition coefficient (Wildman–Crippen LogP) is 3.84. The number of nitrogens with one attached hydrogen (secondary N) is 1. The molecule has 0 saturated heterocycles. The van der Waals surface area contributed by atoms with Crippen LogP contribution >= 0.6 is 23.2 Å². The molecule has 1 N–H and O–H groups in total. The van der Waals surface area contributed by atoms with Crippen molar-refractivity contribution >= 4 is 23.2 Å². The van der Waals surface area contributed by atoms with Crippen LogP contribution in [0.15, 0.2) is 24.3 Å². The Labute approximate surface area is 107 Å². The van der Waals surface area contributed by atoms with Gasteiger partial charge in [-0.15, -0.1) is 11.6 Å². The van der Waals surface area contributed by atoms with Crippen LogP contribution < -0.4 is 5.32 Å². The number of rotatable bonds is 6. The molecule has 1 aromatic rings. The summed E-state index contributed by atoms with van der Waals surface area (Å²) in [5.74, 6) is 0.780. The predicted molar refractivity (Wildman–Crippen MR) is 70.2 cm³/mol. The van der Waals surface area contributed by atoms with E-state index in [-0.39, 0.29) is 0 Å². The van der Waals surface area contributed by atoms with E-state index in [4.69, 9.17) is 23.2 Å². The Balaban J connectivity index is 1.74. The standard InChI is InChI=1S/C13H17Cl2N/c14-8-7-13(5-6-13)10-16-9-11-1-3-12(15)4-2-11/h1-4,16H,5-10H2. The lowest BCUT2D eigenvalue weighted by Crippen LogP contribution is -2.23. The van der Waals surface area contributed by atoms with Crippen LogP contribution in [-0.4, -0.2) is 12.4 Å².